The monoisotopic (exact) mass is 280 g/mol. The quantitative estimate of drug-likeness (QED) is 0.895. The minimum atomic E-state index is -0.963. The van der Waals surface area contributed by atoms with E-state index in [-0.39, 0.29) is 5.91 Å². The Labute approximate surface area is 117 Å². The van der Waals surface area contributed by atoms with Gasteiger partial charge in [0.1, 0.15) is 17.4 Å². The second-order valence-corrected chi connectivity index (χ2v) is 6.03. The van der Waals surface area contributed by atoms with Crippen LogP contribution in [0.25, 0.3) is 0 Å². The van der Waals surface area contributed by atoms with Crippen LogP contribution >= 0.6 is 0 Å². The number of hydrogen-bond acceptors (Lipinski definition) is 4. The molecule has 1 aliphatic heterocycles. The number of amides is 1. The SMILES string of the molecule is Cc1noc(C)c1C(=O)N1CCCC(C)(C)C1C(=O)O. The highest BCUT2D eigenvalue weighted by Crippen LogP contribution is 2.36. The Morgan fingerprint density at radius 1 is 1.40 bits per heavy atom. The van der Waals surface area contributed by atoms with Crippen molar-refractivity contribution in [3.05, 3.63) is 17.0 Å². The second-order valence-electron chi connectivity index (χ2n) is 6.03. The van der Waals surface area contributed by atoms with Gasteiger partial charge in [0.15, 0.2) is 0 Å². The van der Waals surface area contributed by atoms with Crippen LogP contribution in [-0.4, -0.2) is 39.6 Å². The fourth-order valence-electron chi connectivity index (χ4n) is 3.01. The van der Waals surface area contributed by atoms with Crippen molar-refractivity contribution in [2.24, 2.45) is 5.41 Å². The lowest BCUT2D eigenvalue weighted by atomic mass is 9.76. The van der Waals surface area contributed by atoms with E-state index in [4.69, 9.17) is 4.52 Å². The van der Waals surface area contributed by atoms with Gasteiger partial charge in [0.2, 0.25) is 0 Å². The molecule has 0 spiro atoms. The van der Waals surface area contributed by atoms with Gasteiger partial charge in [0, 0.05) is 6.54 Å². The van der Waals surface area contributed by atoms with Crippen LogP contribution in [0.3, 0.4) is 0 Å². The Bertz CT molecular complexity index is 528. The molecule has 1 fully saturated rings. The molecule has 0 aliphatic carbocycles. The summed E-state index contributed by atoms with van der Waals surface area (Å²) in [6.07, 6.45) is 1.58. The van der Waals surface area contributed by atoms with Gasteiger partial charge in [-0.2, -0.15) is 0 Å². The molecule has 110 valence electrons. The maximum atomic E-state index is 12.7. The number of carboxylic acid groups (broad SMARTS) is 1. The number of hydrogen-bond donors (Lipinski definition) is 1. The predicted octanol–water partition coefficient (Wildman–Crippen LogP) is 2.01. The van der Waals surface area contributed by atoms with Gasteiger partial charge in [-0.05, 0) is 32.1 Å². The molecule has 1 aromatic heterocycles. The Balaban J connectivity index is 2.39. The maximum Gasteiger partial charge on any atom is 0.326 e. The third kappa shape index (κ3) is 2.30. The molecule has 1 amide bonds. The molecule has 0 radical (unpaired) electrons. The van der Waals surface area contributed by atoms with E-state index in [0.29, 0.717) is 23.6 Å². The van der Waals surface area contributed by atoms with Gasteiger partial charge in [0.05, 0.1) is 5.69 Å². The average molecular weight is 280 g/mol. The van der Waals surface area contributed by atoms with E-state index in [1.165, 1.54) is 4.90 Å². The van der Waals surface area contributed by atoms with Crippen molar-refractivity contribution in [1.29, 1.82) is 0 Å². The van der Waals surface area contributed by atoms with Crippen molar-refractivity contribution in [3.63, 3.8) is 0 Å². The first kappa shape index (κ1) is 14.6. The van der Waals surface area contributed by atoms with Crippen LogP contribution in [0.4, 0.5) is 0 Å². The zero-order valence-corrected chi connectivity index (χ0v) is 12.3. The van der Waals surface area contributed by atoms with Gasteiger partial charge in [-0.15, -0.1) is 0 Å². The highest BCUT2D eigenvalue weighted by atomic mass is 16.5. The van der Waals surface area contributed by atoms with Crippen LogP contribution in [0.15, 0.2) is 4.52 Å². The summed E-state index contributed by atoms with van der Waals surface area (Å²) >= 11 is 0. The first-order chi connectivity index (χ1) is 9.25. The third-order valence-electron chi connectivity index (χ3n) is 4.01. The van der Waals surface area contributed by atoms with Gasteiger partial charge >= 0.3 is 5.97 Å². The van der Waals surface area contributed by atoms with Crippen LogP contribution in [0.1, 0.15) is 48.5 Å². The van der Waals surface area contributed by atoms with E-state index in [0.717, 1.165) is 12.8 Å². The molecule has 6 nitrogen and oxygen atoms in total. The fraction of sp³-hybridized carbons (Fsp3) is 0.643. The molecule has 1 aromatic rings. The van der Waals surface area contributed by atoms with E-state index in [9.17, 15) is 14.7 Å². The maximum absolute atomic E-state index is 12.7. The molecule has 1 aliphatic rings. The standard InChI is InChI=1S/C14H20N2O4/c1-8-10(9(2)20-15-8)12(17)16-7-5-6-14(3,4)11(16)13(18)19/h11H,5-7H2,1-4H3,(H,18,19). The molecular formula is C14H20N2O4. The number of aliphatic carboxylic acids is 1. The zero-order chi connectivity index (χ0) is 15.1. The molecule has 1 atom stereocenters. The molecule has 1 saturated heterocycles. The number of carbonyl (C=O) groups is 2. The number of carboxylic acids is 1. The first-order valence-electron chi connectivity index (χ1n) is 6.72. The van der Waals surface area contributed by atoms with Crippen molar-refractivity contribution in [2.45, 2.75) is 46.6 Å². The molecule has 0 bridgehead atoms. The van der Waals surface area contributed by atoms with Gasteiger partial charge in [-0.1, -0.05) is 19.0 Å². The van der Waals surface area contributed by atoms with Crippen molar-refractivity contribution >= 4 is 11.9 Å². The molecule has 2 rings (SSSR count). The topological polar surface area (TPSA) is 83.6 Å². The van der Waals surface area contributed by atoms with Crippen LogP contribution in [0.5, 0.6) is 0 Å². The zero-order valence-electron chi connectivity index (χ0n) is 12.3. The summed E-state index contributed by atoms with van der Waals surface area (Å²) in [6.45, 7) is 7.58. The molecule has 6 heteroatoms. The minimum Gasteiger partial charge on any atom is -0.480 e. The van der Waals surface area contributed by atoms with Gasteiger partial charge in [-0.25, -0.2) is 4.79 Å². The number of aromatic nitrogens is 1. The van der Waals surface area contributed by atoms with E-state index < -0.39 is 17.4 Å². The van der Waals surface area contributed by atoms with E-state index in [1.54, 1.807) is 13.8 Å². The predicted molar refractivity (Wildman–Crippen MR) is 71.5 cm³/mol. The fourth-order valence-corrected chi connectivity index (χ4v) is 3.01. The third-order valence-corrected chi connectivity index (χ3v) is 4.01. The molecule has 1 unspecified atom stereocenters. The van der Waals surface area contributed by atoms with E-state index >= 15 is 0 Å². The lowest BCUT2D eigenvalue weighted by molar-refractivity contribution is -0.148. The Kier molecular flexibility index (Phi) is 3.58. The van der Waals surface area contributed by atoms with Crippen molar-refractivity contribution in [2.75, 3.05) is 6.54 Å². The lowest BCUT2D eigenvalue weighted by Gasteiger charge is -2.43. The number of nitrogens with zero attached hydrogens (tertiary/aromatic N) is 2. The highest BCUT2D eigenvalue weighted by Gasteiger charge is 2.45. The minimum absolute atomic E-state index is 0.304. The summed E-state index contributed by atoms with van der Waals surface area (Å²) in [7, 11) is 0. The molecule has 1 N–H and O–H groups in total. The molecule has 0 saturated carbocycles. The highest BCUT2D eigenvalue weighted by molar-refractivity contribution is 5.98. The number of rotatable bonds is 2. The van der Waals surface area contributed by atoms with Crippen molar-refractivity contribution in [1.82, 2.24) is 10.1 Å². The first-order valence-corrected chi connectivity index (χ1v) is 6.72. The average Bonchev–Trinajstić information content (AvgIpc) is 2.66. The molecule has 20 heavy (non-hydrogen) atoms. The smallest absolute Gasteiger partial charge is 0.326 e. The Morgan fingerprint density at radius 3 is 2.55 bits per heavy atom. The summed E-state index contributed by atoms with van der Waals surface area (Å²) in [5.41, 5.74) is 0.438. The van der Waals surface area contributed by atoms with Gasteiger partial charge in [-0.3, -0.25) is 4.79 Å². The van der Waals surface area contributed by atoms with Crippen LogP contribution in [-0.2, 0) is 4.79 Å². The Hall–Kier alpha value is -1.85. The normalized spacial score (nSPS) is 21.8. The summed E-state index contributed by atoms with van der Waals surface area (Å²) in [4.78, 5) is 25.7. The Morgan fingerprint density at radius 2 is 2.05 bits per heavy atom. The van der Waals surface area contributed by atoms with Gasteiger partial charge in [0.25, 0.3) is 5.91 Å². The molecule has 2 heterocycles. The van der Waals surface area contributed by atoms with E-state index in [2.05, 4.69) is 5.16 Å². The van der Waals surface area contributed by atoms with Crippen LogP contribution in [0, 0.1) is 19.3 Å². The van der Waals surface area contributed by atoms with Crippen molar-refractivity contribution in [3.8, 4) is 0 Å². The van der Waals surface area contributed by atoms with Crippen LogP contribution in [0.2, 0.25) is 0 Å². The second kappa shape index (κ2) is 4.92. The summed E-state index contributed by atoms with van der Waals surface area (Å²) in [5, 5.41) is 13.3. The number of likely N-dealkylation sites (tertiary alicyclic amines) is 1. The van der Waals surface area contributed by atoms with Crippen LogP contribution < -0.4 is 0 Å². The molecule has 0 aromatic carbocycles. The lowest BCUT2D eigenvalue weighted by Crippen LogP contribution is -2.56. The number of aryl methyl sites for hydroxylation is 2. The number of carbonyl (C=O) groups excluding carboxylic acids is 1. The van der Waals surface area contributed by atoms with E-state index in [1.807, 2.05) is 13.8 Å². The summed E-state index contributed by atoms with van der Waals surface area (Å²) in [6, 6.07) is -0.822. The molecular weight excluding hydrogens is 260 g/mol. The van der Waals surface area contributed by atoms with Crippen molar-refractivity contribution < 1.29 is 19.2 Å². The number of piperidine rings is 1. The summed E-state index contributed by atoms with van der Waals surface area (Å²) in [5.74, 6) is -0.837. The van der Waals surface area contributed by atoms with Gasteiger partial charge < -0.3 is 14.5 Å². The summed E-state index contributed by atoms with van der Waals surface area (Å²) < 4.78 is 5.01. The largest absolute Gasteiger partial charge is 0.480 e.